The molecule has 0 aliphatic heterocycles. The zero-order valence-electron chi connectivity index (χ0n) is 33.8. The minimum absolute atomic E-state index is 1.07. The van der Waals surface area contributed by atoms with Gasteiger partial charge in [-0.1, -0.05) is 231 Å². The SMILES string of the molecule is c1ccc(-c2cccc(N(c3ccc(-c4ccccc4-c4ccccc4-c4ccccc4)cc3)c3ccc(-c4ccccc4)c(-c4ccccc4)c3-c3ccccc3)c2)cc1. The highest BCUT2D eigenvalue weighted by Crippen LogP contribution is 2.50. The van der Waals surface area contributed by atoms with Crippen LogP contribution < -0.4 is 4.90 Å². The zero-order chi connectivity index (χ0) is 40.8. The molecule has 288 valence electrons. The lowest BCUT2D eigenvalue weighted by Crippen LogP contribution is -2.12. The van der Waals surface area contributed by atoms with E-state index in [1.807, 2.05) is 0 Å². The molecule has 0 aliphatic rings. The van der Waals surface area contributed by atoms with Crippen LogP contribution in [0.3, 0.4) is 0 Å². The molecular formula is C60H43N. The third-order valence-electron chi connectivity index (χ3n) is 11.5. The molecule has 0 radical (unpaired) electrons. The summed E-state index contributed by atoms with van der Waals surface area (Å²) in [5.74, 6) is 0. The molecular weight excluding hydrogens is 735 g/mol. The predicted octanol–water partition coefficient (Wildman–Crippen LogP) is 16.8. The van der Waals surface area contributed by atoms with Crippen LogP contribution >= 0.6 is 0 Å². The van der Waals surface area contributed by atoms with Crippen molar-refractivity contribution in [1.29, 1.82) is 0 Å². The molecule has 0 fully saturated rings. The first-order valence-corrected chi connectivity index (χ1v) is 20.9. The Morgan fingerprint density at radius 1 is 0.197 bits per heavy atom. The van der Waals surface area contributed by atoms with E-state index in [-0.39, 0.29) is 0 Å². The van der Waals surface area contributed by atoms with Crippen LogP contribution in [0.15, 0.2) is 261 Å². The van der Waals surface area contributed by atoms with Gasteiger partial charge < -0.3 is 4.90 Å². The summed E-state index contributed by atoms with van der Waals surface area (Å²) in [4.78, 5) is 2.44. The summed E-state index contributed by atoms with van der Waals surface area (Å²) in [6, 6.07) is 94.0. The second kappa shape index (κ2) is 17.1. The lowest BCUT2D eigenvalue weighted by Gasteiger charge is -2.31. The maximum absolute atomic E-state index is 2.44. The molecule has 0 N–H and O–H groups in total. The Balaban J connectivity index is 1.19. The summed E-state index contributed by atoms with van der Waals surface area (Å²) in [7, 11) is 0. The number of benzene rings is 10. The van der Waals surface area contributed by atoms with Crippen molar-refractivity contribution in [3.63, 3.8) is 0 Å². The third kappa shape index (κ3) is 7.58. The van der Waals surface area contributed by atoms with Gasteiger partial charge in [-0.2, -0.15) is 0 Å². The van der Waals surface area contributed by atoms with Crippen molar-refractivity contribution in [3.05, 3.63) is 261 Å². The molecule has 0 aliphatic carbocycles. The van der Waals surface area contributed by atoms with Crippen molar-refractivity contribution < 1.29 is 0 Å². The Bertz CT molecular complexity index is 3030. The quantitative estimate of drug-likeness (QED) is 0.134. The predicted molar refractivity (Wildman–Crippen MR) is 259 cm³/mol. The summed E-state index contributed by atoms with van der Waals surface area (Å²) in [6.45, 7) is 0. The van der Waals surface area contributed by atoms with E-state index in [1.165, 1.54) is 61.2 Å². The molecule has 0 spiro atoms. The Morgan fingerprint density at radius 3 is 1.11 bits per heavy atom. The van der Waals surface area contributed by atoms with Crippen LogP contribution in [-0.4, -0.2) is 0 Å². The Morgan fingerprint density at radius 2 is 0.590 bits per heavy atom. The normalized spacial score (nSPS) is 11.0. The van der Waals surface area contributed by atoms with Crippen LogP contribution in [-0.2, 0) is 0 Å². The fourth-order valence-corrected chi connectivity index (χ4v) is 8.67. The van der Waals surface area contributed by atoms with Gasteiger partial charge in [0.05, 0.1) is 5.69 Å². The second-order valence-corrected chi connectivity index (χ2v) is 15.2. The summed E-state index contributed by atoms with van der Waals surface area (Å²) >= 11 is 0. The number of hydrogen-bond donors (Lipinski definition) is 0. The molecule has 10 rings (SSSR count). The number of anilines is 3. The summed E-state index contributed by atoms with van der Waals surface area (Å²) in [6.07, 6.45) is 0. The van der Waals surface area contributed by atoms with Crippen molar-refractivity contribution in [2.24, 2.45) is 0 Å². The smallest absolute Gasteiger partial charge is 0.0546 e. The average Bonchev–Trinajstić information content (AvgIpc) is 3.35. The molecule has 10 aromatic carbocycles. The highest BCUT2D eigenvalue weighted by Gasteiger charge is 2.24. The molecule has 0 aromatic heterocycles. The van der Waals surface area contributed by atoms with Crippen molar-refractivity contribution in [1.82, 2.24) is 0 Å². The van der Waals surface area contributed by atoms with Crippen LogP contribution in [0.4, 0.5) is 17.1 Å². The van der Waals surface area contributed by atoms with Crippen LogP contribution in [0.5, 0.6) is 0 Å². The molecule has 1 nitrogen and oxygen atoms in total. The number of rotatable bonds is 10. The fourth-order valence-electron chi connectivity index (χ4n) is 8.67. The molecule has 1 heteroatoms. The van der Waals surface area contributed by atoms with E-state index >= 15 is 0 Å². The molecule has 0 unspecified atom stereocenters. The lowest BCUT2D eigenvalue weighted by molar-refractivity contribution is 1.28. The minimum atomic E-state index is 1.07. The van der Waals surface area contributed by atoms with Gasteiger partial charge in [0.25, 0.3) is 0 Å². The van der Waals surface area contributed by atoms with E-state index in [9.17, 15) is 0 Å². The molecule has 0 atom stereocenters. The van der Waals surface area contributed by atoms with Gasteiger partial charge in [0, 0.05) is 16.9 Å². The summed E-state index contributed by atoms with van der Waals surface area (Å²) in [5, 5.41) is 0. The van der Waals surface area contributed by atoms with Crippen molar-refractivity contribution >= 4 is 17.1 Å². The summed E-state index contributed by atoms with van der Waals surface area (Å²) in [5.41, 5.74) is 19.9. The minimum Gasteiger partial charge on any atom is -0.310 e. The molecule has 0 amide bonds. The average molecular weight is 778 g/mol. The monoisotopic (exact) mass is 777 g/mol. The second-order valence-electron chi connectivity index (χ2n) is 15.2. The first-order chi connectivity index (χ1) is 30.3. The van der Waals surface area contributed by atoms with E-state index in [0.29, 0.717) is 0 Å². The van der Waals surface area contributed by atoms with Gasteiger partial charge in [0.15, 0.2) is 0 Å². The standard InChI is InChI=1S/C60H43N/c1-6-21-44(22-7-1)50-31-20-32-52(43-50)61(51-39-37-47(38-40-51)54-34-17-19-36-57(54)56-35-18-16-33-53(56)45-23-8-2-9-24-45)58-42-41-55(46-25-10-3-11-26-46)59(48-27-12-4-13-28-48)60(58)49-29-14-5-15-30-49/h1-43H. The maximum atomic E-state index is 2.44. The summed E-state index contributed by atoms with van der Waals surface area (Å²) < 4.78 is 0. The Labute approximate surface area is 359 Å². The topological polar surface area (TPSA) is 3.24 Å². The maximum Gasteiger partial charge on any atom is 0.0546 e. The van der Waals surface area contributed by atoms with Crippen LogP contribution in [0.25, 0.3) is 77.9 Å². The molecule has 0 saturated heterocycles. The zero-order valence-corrected chi connectivity index (χ0v) is 33.8. The Hall–Kier alpha value is -8.00. The van der Waals surface area contributed by atoms with Crippen LogP contribution in [0, 0.1) is 0 Å². The molecule has 0 heterocycles. The lowest BCUT2D eigenvalue weighted by atomic mass is 9.86. The first kappa shape index (κ1) is 37.3. The molecule has 0 saturated carbocycles. The van der Waals surface area contributed by atoms with Gasteiger partial charge >= 0.3 is 0 Å². The van der Waals surface area contributed by atoms with Crippen LogP contribution in [0.1, 0.15) is 0 Å². The largest absolute Gasteiger partial charge is 0.310 e. The van der Waals surface area contributed by atoms with E-state index in [2.05, 4.69) is 266 Å². The van der Waals surface area contributed by atoms with E-state index in [4.69, 9.17) is 0 Å². The molecule has 10 aromatic rings. The van der Waals surface area contributed by atoms with Crippen molar-refractivity contribution in [2.45, 2.75) is 0 Å². The third-order valence-corrected chi connectivity index (χ3v) is 11.5. The van der Waals surface area contributed by atoms with Gasteiger partial charge in [-0.15, -0.1) is 0 Å². The number of hydrogen-bond acceptors (Lipinski definition) is 1. The molecule has 61 heavy (non-hydrogen) atoms. The van der Waals surface area contributed by atoms with Gasteiger partial charge in [-0.05, 0) is 103 Å². The van der Waals surface area contributed by atoms with Gasteiger partial charge in [-0.3, -0.25) is 0 Å². The van der Waals surface area contributed by atoms with E-state index in [0.717, 1.165) is 33.8 Å². The Kier molecular flexibility index (Phi) is 10.4. The van der Waals surface area contributed by atoms with Gasteiger partial charge in [-0.25, -0.2) is 0 Å². The molecule has 0 bridgehead atoms. The van der Waals surface area contributed by atoms with Crippen LogP contribution in [0.2, 0.25) is 0 Å². The number of nitrogens with zero attached hydrogens (tertiary/aromatic N) is 1. The fraction of sp³-hybridized carbons (Fsp3) is 0. The highest BCUT2D eigenvalue weighted by atomic mass is 15.1. The van der Waals surface area contributed by atoms with Crippen molar-refractivity contribution in [2.75, 3.05) is 4.90 Å². The highest BCUT2D eigenvalue weighted by molar-refractivity contribution is 6.03. The van der Waals surface area contributed by atoms with E-state index < -0.39 is 0 Å². The van der Waals surface area contributed by atoms with Gasteiger partial charge in [0.2, 0.25) is 0 Å². The van der Waals surface area contributed by atoms with Gasteiger partial charge in [0.1, 0.15) is 0 Å². The first-order valence-electron chi connectivity index (χ1n) is 20.9. The van der Waals surface area contributed by atoms with E-state index in [1.54, 1.807) is 0 Å². The van der Waals surface area contributed by atoms with Crippen molar-refractivity contribution in [3.8, 4) is 77.9 Å².